The molecule has 0 atom stereocenters. The van der Waals surface area contributed by atoms with E-state index in [2.05, 4.69) is 0 Å². The van der Waals surface area contributed by atoms with Crippen LogP contribution in [-0.4, -0.2) is 31.6 Å². The van der Waals surface area contributed by atoms with Gasteiger partial charge < -0.3 is 24.8 Å². The molecular formula is C8H16Cl2N2O2Zr. The van der Waals surface area contributed by atoms with Gasteiger partial charge in [0.15, 0.2) is 0 Å². The minimum Gasteiger partial charge on any atom is -1.00 e. The average molecular weight is 334 g/mol. The molecule has 0 unspecified atom stereocenters. The summed E-state index contributed by atoms with van der Waals surface area (Å²) in [5.41, 5.74) is 0. The van der Waals surface area contributed by atoms with Gasteiger partial charge in [-0.05, 0) is 0 Å². The molecule has 0 aliphatic heterocycles. The maximum Gasteiger partial charge on any atom is -1.00 e. The number of carbonyl (C=O) groups excluding carboxylic acids is 2. The zero-order valence-corrected chi connectivity index (χ0v) is 13.4. The van der Waals surface area contributed by atoms with Crippen molar-refractivity contribution in [2.75, 3.05) is 14.1 Å². The fourth-order valence-corrected chi connectivity index (χ4v) is 3.24. The van der Waals surface area contributed by atoms with E-state index < -0.39 is 23.8 Å². The third-order valence-electron chi connectivity index (χ3n) is 1.65. The van der Waals surface area contributed by atoms with Gasteiger partial charge in [0, 0.05) is 0 Å². The molecule has 88 valence electrons. The van der Waals surface area contributed by atoms with Crippen LogP contribution in [0, 0.1) is 0 Å². The molecule has 2 amide bonds. The van der Waals surface area contributed by atoms with Gasteiger partial charge in [-0.15, -0.1) is 0 Å². The molecule has 0 aromatic carbocycles. The van der Waals surface area contributed by atoms with Crippen molar-refractivity contribution in [1.82, 2.24) is 5.69 Å². The molecule has 0 fully saturated rings. The number of halogens is 2. The van der Waals surface area contributed by atoms with E-state index in [0.717, 1.165) is 0 Å². The maximum atomic E-state index is 11.2. The van der Waals surface area contributed by atoms with Gasteiger partial charge in [-0.3, -0.25) is 0 Å². The van der Waals surface area contributed by atoms with Gasteiger partial charge in [0.2, 0.25) is 0 Å². The molecule has 0 spiro atoms. The Hall–Kier alpha value is 0.403. The Bertz CT molecular complexity index is 185. The third-order valence-corrected chi connectivity index (χ3v) is 4.35. The summed E-state index contributed by atoms with van der Waals surface area (Å²) < 4.78 is 3.44. The number of amides is 2. The molecule has 0 saturated heterocycles. The van der Waals surface area contributed by atoms with Crippen molar-refractivity contribution >= 4 is 11.8 Å². The fraction of sp³-hybridized carbons (Fsp3) is 0.750. The Balaban J connectivity index is -0.000000720. The van der Waals surface area contributed by atoms with E-state index in [9.17, 15) is 9.59 Å². The van der Waals surface area contributed by atoms with Crippen LogP contribution in [-0.2, 0) is 33.4 Å². The van der Waals surface area contributed by atoms with Gasteiger partial charge in [-0.2, -0.15) is 0 Å². The first-order valence-electron chi connectivity index (χ1n) is 4.32. The molecule has 0 saturated carbocycles. The Kier molecular flexibility index (Phi) is 15.1. The largest absolute Gasteiger partial charge is 1.00 e. The predicted molar refractivity (Wildman–Crippen MR) is 46.1 cm³/mol. The van der Waals surface area contributed by atoms with E-state index in [-0.39, 0.29) is 36.6 Å². The average Bonchev–Trinajstić information content (AvgIpc) is 2.14. The molecule has 4 nitrogen and oxygen atoms in total. The summed E-state index contributed by atoms with van der Waals surface area (Å²) in [5, 5.41) is 0. The summed E-state index contributed by atoms with van der Waals surface area (Å²) in [6, 6.07) is 0. The van der Waals surface area contributed by atoms with Crippen LogP contribution in [0.15, 0.2) is 0 Å². The number of hydrogen-bond donors (Lipinski definition) is 0. The van der Waals surface area contributed by atoms with Crippen molar-refractivity contribution in [2.24, 2.45) is 0 Å². The second kappa shape index (κ2) is 10.9. The second-order valence-electron chi connectivity index (χ2n) is 2.71. The van der Waals surface area contributed by atoms with E-state index in [1.54, 1.807) is 19.8 Å². The van der Waals surface area contributed by atoms with Crippen molar-refractivity contribution in [3.8, 4) is 0 Å². The molecule has 0 N–H and O–H groups in total. The van der Waals surface area contributed by atoms with E-state index in [1.807, 2.05) is 13.8 Å². The molecule has 0 rings (SSSR count). The van der Waals surface area contributed by atoms with E-state index >= 15 is 0 Å². The maximum absolute atomic E-state index is 11.2. The molecule has 0 aliphatic carbocycles. The Morgan fingerprint density at radius 2 is 1.20 bits per heavy atom. The van der Waals surface area contributed by atoms with Crippen molar-refractivity contribution in [3.05, 3.63) is 0 Å². The standard InChI is InChI=1S/2C4H9NO.2ClH.Zr/c2*1-3-4(6)5-2;;;/h2*3H2,1-2H3,(H,5,6);2*1H;/q;;;;+4/p-4. The van der Waals surface area contributed by atoms with Crippen molar-refractivity contribution in [2.45, 2.75) is 26.7 Å². The van der Waals surface area contributed by atoms with Gasteiger partial charge >= 0.3 is 91.7 Å². The zero-order valence-electron chi connectivity index (χ0n) is 9.38. The zero-order chi connectivity index (χ0) is 10.4. The molecule has 0 aromatic heterocycles. The molecule has 0 heterocycles. The predicted octanol–water partition coefficient (Wildman–Crippen LogP) is -5.36. The molecule has 0 bridgehead atoms. The summed E-state index contributed by atoms with van der Waals surface area (Å²) in [5.74, 6) is 0.254. The van der Waals surface area contributed by atoms with Crippen molar-refractivity contribution in [3.63, 3.8) is 0 Å². The first kappa shape index (κ1) is 20.8. The molecule has 7 heteroatoms. The van der Waals surface area contributed by atoms with Gasteiger partial charge in [0.05, 0.1) is 0 Å². The molecule has 0 radical (unpaired) electrons. The van der Waals surface area contributed by atoms with E-state index in [4.69, 9.17) is 0 Å². The summed E-state index contributed by atoms with van der Waals surface area (Å²) in [6.07, 6.45) is 1.04. The summed E-state index contributed by atoms with van der Waals surface area (Å²) in [6.45, 7) is 3.67. The van der Waals surface area contributed by atoms with Crippen LogP contribution in [0.4, 0.5) is 0 Å². The van der Waals surface area contributed by atoms with Gasteiger partial charge in [0.25, 0.3) is 0 Å². The minimum absolute atomic E-state index is 0. The van der Waals surface area contributed by atoms with Crippen LogP contribution in [0.3, 0.4) is 0 Å². The van der Waals surface area contributed by atoms with Crippen LogP contribution in [0.1, 0.15) is 26.7 Å². The number of rotatable bonds is 4. The molecular weight excluding hydrogens is 318 g/mol. The topological polar surface area (TPSA) is 40.6 Å². The number of carbonyl (C=O) groups is 2. The van der Waals surface area contributed by atoms with Gasteiger partial charge in [0.1, 0.15) is 0 Å². The molecule has 0 aromatic rings. The van der Waals surface area contributed by atoms with Gasteiger partial charge in [-0.1, -0.05) is 0 Å². The van der Waals surface area contributed by atoms with Crippen LogP contribution < -0.4 is 24.8 Å². The number of nitrogens with zero attached hydrogens (tertiary/aromatic N) is 2. The smallest absolute Gasteiger partial charge is 1.00 e. The monoisotopic (exact) mass is 332 g/mol. The third kappa shape index (κ3) is 8.24. The van der Waals surface area contributed by atoms with Gasteiger partial charge in [-0.25, -0.2) is 0 Å². The van der Waals surface area contributed by atoms with Crippen molar-refractivity contribution in [1.29, 1.82) is 0 Å². The van der Waals surface area contributed by atoms with Crippen LogP contribution in [0.5, 0.6) is 0 Å². The summed E-state index contributed by atoms with van der Waals surface area (Å²) in [4.78, 5) is 22.4. The normalized spacial score (nSPS) is 7.73. The first-order valence-corrected chi connectivity index (χ1v) is 6.52. The Labute approximate surface area is 116 Å². The van der Waals surface area contributed by atoms with Crippen LogP contribution in [0.25, 0.3) is 0 Å². The molecule has 0 aliphatic rings. The van der Waals surface area contributed by atoms with Crippen molar-refractivity contribution < 1.29 is 58.2 Å². The quantitative estimate of drug-likeness (QED) is 0.515. The van der Waals surface area contributed by atoms with Crippen LogP contribution >= 0.6 is 0 Å². The Morgan fingerprint density at radius 1 is 0.933 bits per heavy atom. The van der Waals surface area contributed by atoms with Crippen LogP contribution in [0.2, 0.25) is 0 Å². The summed E-state index contributed by atoms with van der Waals surface area (Å²) in [7, 11) is 3.55. The first-order chi connectivity index (χ1) is 6.02. The Morgan fingerprint density at radius 3 is 1.40 bits per heavy atom. The summed E-state index contributed by atoms with van der Waals surface area (Å²) >= 11 is -1.17. The minimum atomic E-state index is -1.17. The molecule has 15 heavy (non-hydrogen) atoms. The van der Waals surface area contributed by atoms with E-state index in [1.165, 1.54) is 0 Å². The second-order valence-corrected chi connectivity index (χ2v) is 6.50. The SMILES string of the molecule is CCC(=O)[N](C)[Zr+2][N](C)C(=O)CC.[Cl-].[Cl-]. The fourth-order valence-electron chi connectivity index (χ4n) is 0.811. The van der Waals surface area contributed by atoms with E-state index in [0.29, 0.717) is 12.8 Å². The number of hydrogen-bond acceptors (Lipinski definition) is 2.